The normalized spacial score (nSPS) is 18.8. The van der Waals surface area contributed by atoms with Crippen LogP contribution < -0.4 is 4.74 Å². The van der Waals surface area contributed by atoms with Gasteiger partial charge in [0.25, 0.3) is 0 Å². The first kappa shape index (κ1) is 23.5. The van der Waals surface area contributed by atoms with E-state index in [9.17, 15) is 32.3 Å². The first-order chi connectivity index (χ1) is 14.6. The first-order valence-corrected chi connectivity index (χ1v) is 9.83. The van der Waals surface area contributed by atoms with Gasteiger partial charge in [-0.2, -0.15) is 18.2 Å². The molecule has 0 spiro atoms. The molecule has 0 atom stereocenters. The lowest BCUT2D eigenvalue weighted by Crippen LogP contribution is -2.59. The fourth-order valence-electron chi connectivity index (χ4n) is 3.91. The minimum absolute atomic E-state index is 0.0550. The van der Waals surface area contributed by atoms with E-state index in [0.717, 1.165) is 6.07 Å². The number of carbonyl (C=O) groups excluding carboxylic acids is 4. The van der Waals surface area contributed by atoms with E-state index in [-0.39, 0.29) is 23.5 Å². The molecule has 0 N–H and O–H groups in total. The molecule has 2 aromatic rings. The van der Waals surface area contributed by atoms with Crippen molar-refractivity contribution in [2.24, 2.45) is 16.7 Å². The van der Waals surface area contributed by atoms with Crippen molar-refractivity contribution >= 4 is 34.2 Å². The lowest BCUT2D eigenvalue weighted by molar-refractivity contribution is -0.158. The molecule has 0 amide bonds. The van der Waals surface area contributed by atoms with Crippen LogP contribution in [0.1, 0.15) is 50.7 Å². The van der Waals surface area contributed by atoms with Gasteiger partial charge in [0.15, 0.2) is 34.5 Å². The third-order valence-electron chi connectivity index (χ3n) is 5.63. The zero-order valence-electron chi connectivity index (χ0n) is 18.1. The number of rotatable bonds is 4. The highest BCUT2D eigenvalue weighted by Crippen LogP contribution is 2.43. The lowest BCUT2D eigenvalue weighted by Gasteiger charge is -2.40. The molecule has 2 aromatic heterocycles. The fourth-order valence-corrected chi connectivity index (χ4v) is 3.91. The number of hydrogen-bond acceptors (Lipinski definition) is 7. The Morgan fingerprint density at radius 3 is 2.09 bits per heavy atom. The van der Waals surface area contributed by atoms with Crippen LogP contribution in [0, 0.1) is 16.7 Å². The average Bonchev–Trinajstić information content (AvgIpc) is 2.70. The smallest absolute Gasteiger partial charge is 0.434 e. The first-order valence-electron chi connectivity index (χ1n) is 9.83. The van der Waals surface area contributed by atoms with Gasteiger partial charge in [-0.15, -0.1) is 0 Å². The van der Waals surface area contributed by atoms with E-state index in [1.807, 2.05) is 0 Å². The van der Waals surface area contributed by atoms with Crippen LogP contribution >= 0.6 is 0 Å². The summed E-state index contributed by atoms with van der Waals surface area (Å²) >= 11 is 0. The Labute approximate surface area is 181 Å². The molecule has 2 heterocycles. The molecule has 1 saturated carbocycles. The van der Waals surface area contributed by atoms with Crippen LogP contribution in [0.4, 0.5) is 13.2 Å². The fraction of sp³-hybridized carbons (Fsp3) is 0.455. The van der Waals surface area contributed by atoms with Gasteiger partial charge in [-0.25, -0.2) is 4.98 Å². The second-order valence-electron chi connectivity index (χ2n) is 8.62. The van der Waals surface area contributed by atoms with Crippen molar-refractivity contribution < 1.29 is 37.1 Å². The Balaban J connectivity index is 2.22. The summed E-state index contributed by atoms with van der Waals surface area (Å²) in [5, 5.41) is 0.0927. The van der Waals surface area contributed by atoms with Gasteiger partial charge in [0.2, 0.25) is 5.88 Å². The summed E-state index contributed by atoms with van der Waals surface area (Å²) < 4.78 is 46.6. The molecule has 1 fully saturated rings. The third-order valence-corrected chi connectivity index (χ3v) is 5.63. The Morgan fingerprint density at radius 1 is 1.03 bits per heavy atom. The number of ketones is 4. The highest BCUT2D eigenvalue weighted by atomic mass is 19.4. The minimum Gasteiger partial charge on any atom is -0.478 e. The van der Waals surface area contributed by atoms with E-state index < -0.39 is 57.3 Å². The van der Waals surface area contributed by atoms with Crippen molar-refractivity contribution in [2.45, 2.75) is 40.8 Å². The van der Waals surface area contributed by atoms with Crippen LogP contribution in [0.3, 0.4) is 0 Å². The highest BCUT2D eigenvalue weighted by molar-refractivity contribution is 6.37. The molecule has 7 nitrogen and oxygen atoms in total. The second-order valence-corrected chi connectivity index (χ2v) is 8.62. The predicted molar refractivity (Wildman–Crippen MR) is 106 cm³/mol. The van der Waals surface area contributed by atoms with Gasteiger partial charge in [-0.05, 0) is 46.8 Å². The molecule has 0 aromatic carbocycles. The quantitative estimate of drug-likeness (QED) is 0.518. The number of nitrogens with zero attached hydrogens (tertiary/aromatic N) is 2. The average molecular weight is 450 g/mol. The van der Waals surface area contributed by atoms with Gasteiger partial charge in [-0.1, -0.05) is 0 Å². The summed E-state index contributed by atoms with van der Waals surface area (Å²) in [4.78, 5) is 59.1. The molecule has 1 aliphatic carbocycles. The summed E-state index contributed by atoms with van der Waals surface area (Å²) in [5.74, 6) is -6.09. The van der Waals surface area contributed by atoms with Crippen LogP contribution in [0.5, 0.6) is 5.88 Å². The lowest BCUT2D eigenvalue weighted by atomic mass is 9.57. The van der Waals surface area contributed by atoms with Crippen molar-refractivity contribution in [3.8, 4) is 5.88 Å². The highest BCUT2D eigenvalue weighted by Gasteiger charge is 2.60. The molecule has 0 aliphatic heterocycles. The van der Waals surface area contributed by atoms with E-state index in [1.54, 1.807) is 6.92 Å². The SMILES string of the molecule is CCOc1ccc2cc(C(=O)C3C(=O)C(C)(C)C(=O)C(C)(C)C3=O)c(C(F)(F)F)nc2n1. The van der Waals surface area contributed by atoms with E-state index >= 15 is 0 Å². The molecule has 0 unspecified atom stereocenters. The van der Waals surface area contributed by atoms with Crippen molar-refractivity contribution in [3.63, 3.8) is 0 Å². The number of carbonyl (C=O) groups is 4. The maximum absolute atomic E-state index is 13.8. The Morgan fingerprint density at radius 2 is 1.59 bits per heavy atom. The molecule has 3 rings (SSSR count). The molecule has 0 radical (unpaired) electrons. The van der Waals surface area contributed by atoms with Gasteiger partial charge < -0.3 is 4.74 Å². The molecule has 1 aliphatic rings. The summed E-state index contributed by atoms with van der Waals surface area (Å²) in [7, 11) is 0. The van der Waals surface area contributed by atoms with Crippen molar-refractivity contribution in [1.29, 1.82) is 0 Å². The topological polar surface area (TPSA) is 103 Å². The number of Topliss-reactive ketones (excluding diaryl/α,β-unsaturated/α-hetero) is 4. The van der Waals surface area contributed by atoms with E-state index in [1.165, 1.54) is 39.8 Å². The summed E-state index contributed by atoms with van der Waals surface area (Å²) in [6.45, 7) is 6.94. The Kier molecular flexibility index (Phi) is 5.47. The van der Waals surface area contributed by atoms with E-state index in [4.69, 9.17) is 4.74 Å². The predicted octanol–water partition coefficient (Wildman–Crippen LogP) is 3.62. The van der Waals surface area contributed by atoms with Crippen LogP contribution in [0.25, 0.3) is 11.0 Å². The number of fused-ring (bicyclic) bond motifs is 1. The number of halogens is 3. The molecule has 32 heavy (non-hydrogen) atoms. The second kappa shape index (κ2) is 7.46. The Bertz CT molecular complexity index is 1140. The number of hydrogen-bond donors (Lipinski definition) is 0. The van der Waals surface area contributed by atoms with E-state index in [0.29, 0.717) is 0 Å². The van der Waals surface area contributed by atoms with Crippen LogP contribution in [-0.2, 0) is 20.6 Å². The number of pyridine rings is 2. The maximum atomic E-state index is 13.8. The summed E-state index contributed by atoms with van der Waals surface area (Å²) in [5.41, 5.74) is -6.23. The van der Waals surface area contributed by atoms with Crippen LogP contribution in [0.15, 0.2) is 18.2 Å². The third kappa shape index (κ3) is 3.57. The monoisotopic (exact) mass is 450 g/mol. The molecular formula is C22H21F3N2O5. The summed E-state index contributed by atoms with van der Waals surface area (Å²) in [6.07, 6.45) is -5.07. The standard InChI is InChI=1S/C22H21F3N2O5/c1-6-32-12-8-7-10-9-11(15(22(23,24)25)27-18(10)26-12)14(28)13-16(29)20(2,3)19(31)21(4,5)17(13)30/h7-9,13H,6H2,1-5H3. The van der Waals surface area contributed by atoms with Gasteiger partial charge >= 0.3 is 6.18 Å². The zero-order valence-corrected chi connectivity index (χ0v) is 18.1. The van der Waals surface area contributed by atoms with Crippen LogP contribution in [-0.4, -0.2) is 39.7 Å². The molecule has 170 valence electrons. The summed E-state index contributed by atoms with van der Waals surface area (Å²) in [6, 6.07) is 3.68. The largest absolute Gasteiger partial charge is 0.478 e. The minimum atomic E-state index is -5.07. The van der Waals surface area contributed by atoms with Crippen LogP contribution in [0.2, 0.25) is 0 Å². The Hall–Kier alpha value is -3.17. The molecule has 0 bridgehead atoms. The van der Waals surface area contributed by atoms with E-state index in [2.05, 4.69) is 9.97 Å². The number of ether oxygens (including phenoxy) is 1. The van der Waals surface area contributed by atoms with Crippen molar-refractivity contribution in [3.05, 3.63) is 29.5 Å². The van der Waals surface area contributed by atoms with Gasteiger partial charge in [0, 0.05) is 11.5 Å². The maximum Gasteiger partial charge on any atom is 0.434 e. The van der Waals surface area contributed by atoms with Crippen molar-refractivity contribution in [1.82, 2.24) is 9.97 Å². The van der Waals surface area contributed by atoms with Crippen molar-refractivity contribution in [2.75, 3.05) is 6.61 Å². The number of aromatic nitrogens is 2. The van der Waals surface area contributed by atoms with Gasteiger partial charge in [0.1, 0.15) is 5.92 Å². The molecular weight excluding hydrogens is 429 g/mol. The van der Waals surface area contributed by atoms with Gasteiger partial charge in [-0.3, -0.25) is 19.2 Å². The van der Waals surface area contributed by atoms with Gasteiger partial charge in [0.05, 0.1) is 23.0 Å². The molecule has 10 heteroatoms. The molecule has 0 saturated heterocycles. The number of alkyl halides is 3. The zero-order chi connectivity index (χ0) is 24.2.